The molecule has 2 N–H and O–H groups in total. The van der Waals surface area contributed by atoms with Gasteiger partial charge in [-0.3, -0.25) is 4.79 Å². The zero-order valence-electron chi connectivity index (χ0n) is 12.2. The van der Waals surface area contributed by atoms with Crippen LogP contribution in [0.3, 0.4) is 0 Å². The number of hydrogen-bond acceptors (Lipinski definition) is 2. The first kappa shape index (κ1) is 13.6. The number of para-hydroxylation sites is 1. The average Bonchev–Trinajstić information content (AvgIpc) is 3.15. The molecule has 3 heteroatoms. The molecule has 20 heavy (non-hydrogen) atoms. The number of rotatable bonds is 4. The maximum absolute atomic E-state index is 12.5. The maximum Gasteiger partial charge on any atom is 0.228 e. The van der Waals surface area contributed by atoms with Gasteiger partial charge in [-0.2, -0.15) is 0 Å². The predicted octanol–water partition coefficient (Wildman–Crippen LogP) is 2.97. The molecule has 0 radical (unpaired) electrons. The lowest BCUT2D eigenvalue weighted by Gasteiger charge is -2.23. The van der Waals surface area contributed by atoms with Gasteiger partial charge >= 0.3 is 0 Å². The van der Waals surface area contributed by atoms with Gasteiger partial charge in [0.25, 0.3) is 0 Å². The molecule has 1 aromatic carbocycles. The van der Waals surface area contributed by atoms with Gasteiger partial charge in [0.2, 0.25) is 5.91 Å². The number of piperidine rings is 1. The van der Waals surface area contributed by atoms with Crippen molar-refractivity contribution in [3.05, 3.63) is 29.8 Å². The number of hydrogen-bond donors (Lipinski definition) is 2. The van der Waals surface area contributed by atoms with Crippen LogP contribution in [0, 0.1) is 11.3 Å². The van der Waals surface area contributed by atoms with Gasteiger partial charge < -0.3 is 10.6 Å². The highest BCUT2D eigenvalue weighted by molar-refractivity contribution is 5.95. The summed E-state index contributed by atoms with van der Waals surface area (Å²) in [6, 6.07) is 8.20. The Labute approximate surface area is 121 Å². The lowest BCUT2D eigenvalue weighted by atomic mass is 9.91. The van der Waals surface area contributed by atoms with E-state index in [9.17, 15) is 4.79 Å². The monoisotopic (exact) mass is 272 g/mol. The molecule has 1 unspecified atom stereocenters. The molecule has 1 heterocycles. The summed E-state index contributed by atoms with van der Waals surface area (Å²) in [5.74, 6) is 0.467. The van der Waals surface area contributed by atoms with E-state index in [1.807, 2.05) is 18.2 Å². The Bertz CT molecular complexity index is 492. The standard InChI is InChI=1S/C17H24N2O/c1-2-5-13-6-3-4-7-15(13)19-16(20)14-12-17(14)8-10-18-11-9-17/h3-4,6-7,14,18H,2,5,8-12H2,1H3,(H,19,20). The summed E-state index contributed by atoms with van der Waals surface area (Å²) in [6.45, 7) is 4.30. The van der Waals surface area contributed by atoms with Crippen LogP contribution in [0.5, 0.6) is 0 Å². The molecule has 0 aromatic heterocycles. The lowest BCUT2D eigenvalue weighted by Crippen LogP contribution is -2.31. The number of benzene rings is 1. The summed E-state index contributed by atoms with van der Waals surface area (Å²) in [5.41, 5.74) is 2.58. The molecule has 1 spiro atoms. The zero-order valence-corrected chi connectivity index (χ0v) is 12.2. The van der Waals surface area contributed by atoms with E-state index in [4.69, 9.17) is 0 Å². The fourth-order valence-electron chi connectivity index (χ4n) is 3.55. The molecule has 0 bridgehead atoms. The van der Waals surface area contributed by atoms with Crippen LogP contribution in [0.15, 0.2) is 24.3 Å². The largest absolute Gasteiger partial charge is 0.326 e. The summed E-state index contributed by atoms with van der Waals surface area (Å²) in [5, 5.41) is 6.55. The predicted molar refractivity (Wildman–Crippen MR) is 81.7 cm³/mol. The van der Waals surface area contributed by atoms with Gasteiger partial charge in [0.05, 0.1) is 0 Å². The van der Waals surface area contributed by atoms with Crippen LogP contribution in [0.4, 0.5) is 5.69 Å². The number of nitrogens with one attached hydrogen (secondary N) is 2. The molecule has 2 fully saturated rings. The van der Waals surface area contributed by atoms with Crippen molar-refractivity contribution in [2.45, 2.75) is 39.0 Å². The molecule has 2 aliphatic rings. The Hall–Kier alpha value is -1.35. The van der Waals surface area contributed by atoms with Gasteiger partial charge in [0.1, 0.15) is 0 Å². The summed E-state index contributed by atoms with van der Waals surface area (Å²) < 4.78 is 0. The van der Waals surface area contributed by atoms with Gasteiger partial charge in [-0.05, 0) is 55.8 Å². The number of carbonyl (C=O) groups excluding carboxylic acids is 1. The normalized spacial score (nSPS) is 23.6. The smallest absolute Gasteiger partial charge is 0.228 e. The van der Waals surface area contributed by atoms with Crippen LogP contribution in [0.1, 0.15) is 38.2 Å². The zero-order chi connectivity index (χ0) is 14.0. The Morgan fingerprint density at radius 3 is 2.85 bits per heavy atom. The van der Waals surface area contributed by atoms with Crippen molar-refractivity contribution in [2.24, 2.45) is 11.3 Å². The first-order valence-electron chi connectivity index (χ1n) is 7.85. The molecule has 1 saturated heterocycles. The molecule has 1 aliphatic heterocycles. The van der Waals surface area contributed by atoms with Crippen molar-refractivity contribution in [3.8, 4) is 0 Å². The minimum Gasteiger partial charge on any atom is -0.326 e. The van der Waals surface area contributed by atoms with E-state index in [0.29, 0.717) is 5.41 Å². The highest BCUT2D eigenvalue weighted by Crippen LogP contribution is 2.58. The summed E-state index contributed by atoms with van der Waals surface area (Å²) in [4.78, 5) is 12.5. The Kier molecular flexibility index (Phi) is 3.79. The van der Waals surface area contributed by atoms with Crippen molar-refractivity contribution in [2.75, 3.05) is 18.4 Å². The van der Waals surface area contributed by atoms with E-state index in [-0.39, 0.29) is 11.8 Å². The number of amides is 1. The van der Waals surface area contributed by atoms with E-state index < -0.39 is 0 Å². The van der Waals surface area contributed by atoms with Gasteiger partial charge in [-0.25, -0.2) is 0 Å². The first-order chi connectivity index (χ1) is 9.75. The molecule has 1 saturated carbocycles. The highest BCUT2D eigenvalue weighted by Gasteiger charge is 2.57. The Morgan fingerprint density at radius 2 is 2.10 bits per heavy atom. The number of carbonyl (C=O) groups is 1. The van der Waals surface area contributed by atoms with Crippen molar-refractivity contribution in [3.63, 3.8) is 0 Å². The second-order valence-electron chi connectivity index (χ2n) is 6.27. The second kappa shape index (κ2) is 5.57. The second-order valence-corrected chi connectivity index (χ2v) is 6.27. The van der Waals surface area contributed by atoms with E-state index in [1.165, 1.54) is 5.56 Å². The SMILES string of the molecule is CCCc1ccccc1NC(=O)C1CC12CCNCC2. The minimum absolute atomic E-state index is 0.232. The van der Waals surface area contributed by atoms with Crippen molar-refractivity contribution in [1.29, 1.82) is 0 Å². The fourth-order valence-corrected chi connectivity index (χ4v) is 3.55. The Balaban J connectivity index is 1.65. The molecule has 3 nitrogen and oxygen atoms in total. The molecular formula is C17H24N2O. The maximum atomic E-state index is 12.5. The summed E-state index contributed by atoms with van der Waals surface area (Å²) in [6.07, 6.45) is 5.52. The number of anilines is 1. The lowest BCUT2D eigenvalue weighted by molar-refractivity contribution is -0.118. The van der Waals surface area contributed by atoms with E-state index >= 15 is 0 Å². The van der Waals surface area contributed by atoms with Crippen LogP contribution in [0.2, 0.25) is 0 Å². The van der Waals surface area contributed by atoms with Crippen LogP contribution >= 0.6 is 0 Å². The first-order valence-corrected chi connectivity index (χ1v) is 7.85. The van der Waals surface area contributed by atoms with Crippen molar-refractivity contribution < 1.29 is 4.79 Å². The van der Waals surface area contributed by atoms with Crippen molar-refractivity contribution in [1.82, 2.24) is 5.32 Å². The molecule has 108 valence electrons. The highest BCUT2D eigenvalue weighted by atomic mass is 16.2. The van der Waals surface area contributed by atoms with Crippen LogP contribution < -0.4 is 10.6 Å². The third-order valence-corrected chi connectivity index (χ3v) is 4.90. The van der Waals surface area contributed by atoms with Crippen molar-refractivity contribution >= 4 is 11.6 Å². The van der Waals surface area contributed by atoms with E-state index in [0.717, 1.165) is 50.9 Å². The molecular weight excluding hydrogens is 248 g/mol. The van der Waals surface area contributed by atoms with Gasteiger partial charge in [0, 0.05) is 11.6 Å². The summed E-state index contributed by atoms with van der Waals surface area (Å²) >= 11 is 0. The van der Waals surface area contributed by atoms with Crippen LogP contribution in [0.25, 0.3) is 0 Å². The van der Waals surface area contributed by atoms with E-state index in [2.05, 4.69) is 23.6 Å². The molecule has 1 amide bonds. The third-order valence-electron chi connectivity index (χ3n) is 4.90. The van der Waals surface area contributed by atoms with Crippen LogP contribution in [-0.4, -0.2) is 19.0 Å². The number of aryl methyl sites for hydroxylation is 1. The van der Waals surface area contributed by atoms with Crippen LogP contribution in [-0.2, 0) is 11.2 Å². The molecule has 1 aliphatic carbocycles. The Morgan fingerprint density at radius 1 is 1.35 bits per heavy atom. The molecule has 3 rings (SSSR count). The van der Waals surface area contributed by atoms with Gasteiger partial charge in [-0.15, -0.1) is 0 Å². The topological polar surface area (TPSA) is 41.1 Å². The van der Waals surface area contributed by atoms with Gasteiger partial charge in [0.15, 0.2) is 0 Å². The van der Waals surface area contributed by atoms with Gasteiger partial charge in [-0.1, -0.05) is 31.5 Å². The third kappa shape index (κ3) is 2.59. The average molecular weight is 272 g/mol. The summed E-state index contributed by atoms with van der Waals surface area (Å²) in [7, 11) is 0. The van der Waals surface area contributed by atoms with E-state index in [1.54, 1.807) is 0 Å². The quantitative estimate of drug-likeness (QED) is 0.884. The minimum atomic E-state index is 0.232. The molecule has 1 aromatic rings. The molecule has 1 atom stereocenters. The fraction of sp³-hybridized carbons (Fsp3) is 0.588.